The Kier molecular flexibility index (Phi) is 6.23. The number of likely N-dealkylation sites (N-methyl/N-ethyl adjacent to an activating group) is 1. The first-order valence-corrected chi connectivity index (χ1v) is 7.83. The minimum absolute atomic E-state index is 0.184. The van der Waals surface area contributed by atoms with E-state index in [1.54, 1.807) is 12.1 Å². The van der Waals surface area contributed by atoms with Gasteiger partial charge in [-0.05, 0) is 32.1 Å². The first-order valence-electron chi connectivity index (χ1n) is 7.07. The Morgan fingerprint density at radius 1 is 1.29 bits per heavy atom. The summed E-state index contributed by atoms with van der Waals surface area (Å²) in [4.78, 5) is 20.7. The third kappa shape index (κ3) is 5.11. The van der Waals surface area contributed by atoms with Crippen molar-refractivity contribution in [3.05, 3.63) is 28.0 Å². The normalized spacial score (nSPS) is 16.9. The summed E-state index contributed by atoms with van der Waals surface area (Å²) >= 11 is 11.7. The van der Waals surface area contributed by atoms with E-state index in [9.17, 15) is 4.79 Å². The molecule has 1 aromatic rings. The van der Waals surface area contributed by atoms with E-state index in [2.05, 4.69) is 27.1 Å². The number of nitrogens with zero attached hydrogens (tertiary/aromatic N) is 3. The van der Waals surface area contributed by atoms with Crippen molar-refractivity contribution in [1.82, 2.24) is 20.1 Å². The molecule has 1 aliphatic rings. The standard InChI is InChI=1S/C14H20Cl2N4O/c1-19-7-9-20(10-8-19)6-2-5-17-14(21)13-11(15)3-4-12(16)18-13/h3-4H,2,5-10H2,1H3,(H,17,21). The second-order valence-corrected chi connectivity index (χ2v) is 6.01. The van der Waals surface area contributed by atoms with Crippen LogP contribution < -0.4 is 5.32 Å². The first-order chi connectivity index (χ1) is 10.1. The number of pyridine rings is 1. The van der Waals surface area contributed by atoms with Gasteiger partial charge in [-0.15, -0.1) is 0 Å². The quantitative estimate of drug-likeness (QED) is 0.660. The van der Waals surface area contributed by atoms with Gasteiger partial charge < -0.3 is 15.1 Å². The maximum Gasteiger partial charge on any atom is 0.271 e. The van der Waals surface area contributed by atoms with Crippen LogP contribution in [-0.4, -0.2) is 67.0 Å². The zero-order valence-electron chi connectivity index (χ0n) is 12.1. The zero-order chi connectivity index (χ0) is 15.2. The Morgan fingerprint density at radius 2 is 2.00 bits per heavy atom. The fourth-order valence-corrected chi connectivity index (χ4v) is 2.58. The molecule has 2 heterocycles. The number of amides is 1. The third-order valence-corrected chi connectivity index (χ3v) is 4.08. The Balaban J connectivity index is 1.71. The van der Waals surface area contributed by atoms with Gasteiger partial charge in [0.05, 0.1) is 5.02 Å². The molecule has 0 bridgehead atoms. The summed E-state index contributed by atoms with van der Waals surface area (Å²) in [6.45, 7) is 5.99. The highest BCUT2D eigenvalue weighted by Crippen LogP contribution is 2.16. The van der Waals surface area contributed by atoms with Gasteiger partial charge in [0.1, 0.15) is 10.8 Å². The molecule has 1 aromatic heterocycles. The lowest BCUT2D eigenvalue weighted by molar-refractivity contribution is 0.0944. The molecule has 116 valence electrons. The maximum absolute atomic E-state index is 12.0. The molecular formula is C14H20Cl2N4O. The largest absolute Gasteiger partial charge is 0.351 e. The van der Waals surface area contributed by atoms with Crippen LogP contribution in [0.5, 0.6) is 0 Å². The number of hydrogen-bond donors (Lipinski definition) is 1. The van der Waals surface area contributed by atoms with Gasteiger partial charge in [-0.2, -0.15) is 0 Å². The highest BCUT2D eigenvalue weighted by Gasteiger charge is 2.14. The van der Waals surface area contributed by atoms with Gasteiger partial charge in [0.2, 0.25) is 0 Å². The highest BCUT2D eigenvalue weighted by atomic mass is 35.5. The monoisotopic (exact) mass is 330 g/mol. The van der Waals surface area contributed by atoms with Gasteiger partial charge in [0.15, 0.2) is 0 Å². The Labute approximate surface area is 135 Å². The van der Waals surface area contributed by atoms with Crippen LogP contribution in [-0.2, 0) is 0 Å². The molecule has 0 aromatic carbocycles. The zero-order valence-corrected chi connectivity index (χ0v) is 13.6. The van der Waals surface area contributed by atoms with Crippen LogP contribution in [0.2, 0.25) is 10.2 Å². The van der Waals surface area contributed by atoms with Crippen LogP contribution in [0.3, 0.4) is 0 Å². The number of carbonyl (C=O) groups is 1. The fourth-order valence-electron chi connectivity index (χ4n) is 2.24. The summed E-state index contributed by atoms with van der Waals surface area (Å²) in [5.41, 5.74) is 0.184. The second kappa shape index (κ2) is 7.94. The topological polar surface area (TPSA) is 48.5 Å². The lowest BCUT2D eigenvalue weighted by atomic mass is 10.3. The predicted octanol–water partition coefficient (Wildman–Crippen LogP) is 1.76. The number of hydrogen-bond acceptors (Lipinski definition) is 4. The van der Waals surface area contributed by atoms with E-state index in [4.69, 9.17) is 23.2 Å². The molecule has 1 amide bonds. The van der Waals surface area contributed by atoms with E-state index in [0.29, 0.717) is 11.6 Å². The number of aromatic nitrogens is 1. The molecule has 0 unspecified atom stereocenters. The van der Waals surface area contributed by atoms with Gasteiger partial charge >= 0.3 is 0 Å². The van der Waals surface area contributed by atoms with Gasteiger partial charge in [-0.1, -0.05) is 23.2 Å². The predicted molar refractivity (Wildman–Crippen MR) is 85.1 cm³/mol. The minimum atomic E-state index is -0.277. The summed E-state index contributed by atoms with van der Waals surface area (Å²) in [6, 6.07) is 3.14. The molecule has 1 saturated heterocycles. The molecule has 1 fully saturated rings. The molecule has 0 spiro atoms. The summed E-state index contributed by atoms with van der Waals surface area (Å²) in [5.74, 6) is -0.277. The minimum Gasteiger partial charge on any atom is -0.351 e. The molecular weight excluding hydrogens is 311 g/mol. The average molecular weight is 331 g/mol. The van der Waals surface area contributed by atoms with E-state index < -0.39 is 0 Å². The molecule has 0 saturated carbocycles. The van der Waals surface area contributed by atoms with Crippen molar-refractivity contribution >= 4 is 29.1 Å². The van der Waals surface area contributed by atoms with Crippen LogP contribution in [0, 0.1) is 0 Å². The maximum atomic E-state index is 12.0. The summed E-state index contributed by atoms with van der Waals surface area (Å²) in [6.07, 6.45) is 0.910. The molecule has 0 radical (unpaired) electrons. The number of nitrogens with one attached hydrogen (secondary N) is 1. The van der Waals surface area contributed by atoms with Crippen LogP contribution in [0.1, 0.15) is 16.9 Å². The van der Waals surface area contributed by atoms with Gasteiger partial charge in [0.25, 0.3) is 5.91 Å². The molecule has 21 heavy (non-hydrogen) atoms. The van der Waals surface area contributed by atoms with Gasteiger partial charge in [-0.3, -0.25) is 4.79 Å². The van der Waals surface area contributed by atoms with Crippen molar-refractivity contribution in [2.75, 3.05) is 46.3 Å². The fraction of sp³-hybridized carbons (Fsp3) is 0.571. The lowest BCUT2D eigenvalue weighted by Gasteiger charge is -2.32. The molecule has 5 nitrogen and oxygen atoms in total. The van der Waals surface area contributed by atoms with Crippen molar-refractivity contribution < 1.29 is 4.79 Å². The van der Waals surface area contributed by atoms with Crippen molar-refractivity contribution in [3.63, 3.8) is 0 Å². The highest BCUT2D eigenvalue weighted by molar-refractivity contribution is 6.34. The number of piperazine rings is 1. The van der Waals surface area contributed by atoms with Crippen molar-refractivity contribution in [3.8, 4) is 0 Å². The average Bonchev–Trinajstić information content (AvgIpc) is 2.47. The molecule has 2 rings (SSSR count). The molecule has 7 heteroatoms. The summed E-state index contributed by atoms with van der Waals surface area (Å²) in [7, 11) is 2.14. The van der Waals surface area contributed by atoms with Gasteiger partial charge in [-0.25, -0.2) is 4.98 Å². The molecule has 0 atom stereocenters. The van der Waals surface area contributed by atoms with Crippen LogP contribution in [0.4, 0.5) is 0 Å². The third-order valence-electron chi connectivity index (χ3n) is 3.56. The Morgan fingerprint density at radius 3 is 2.71 bits per heavy atom. The van der Waals surface area contributed by atoms with E-state index in [0.717, 1.165) is 39.1 Å². The van der Waals surface area contributed by atoms with E-state index in [1.165, 1.54) is 0 Å². The Bertz CT molecular complexity index is 490. The Hall–Kier alpha value is -0.880. The summed E-state index contributed by atoms with van der Waals surface area (Å²) < 4.78 is 0. The lowest BCUT2D eigenvalue weighted by Crippen LogP contribution is -2.45. The van der Waals surface area contributed by atoms with E-state index in [-0.39, 0.29) is 16.8 Å². The van der Waals surface area contributed by atoms with Gasteiger partial charge in [0, 0.05) is 32.7 Å². The number of halogens is 2. The van der Waals surface area contributed by atoms with Crippen LogP contribution >= 0.6 is 23.2 Å². The second-order valence-electron chi connectivity index (χ2n) is 5.22. The summed E-state index contributed by atoms with van der Waals surface area (Å²) in [5, 5.41) is 3.42. The van der Waals surface area contributed by atoms with Crippen molar-refractivity contribution in [2.45, 2.75) is 6.42 Å². The van der Waals surface area contributed by atoms with E-state index >= 15 is 0 Å². The van der Waals surface area contributed by atoms with Crippen LogP contribution in [0.15, 0.2) is 12.1 Å². The first kappa shape index (κ1) is 16.5. The SMILES string of the molecule is CN1CCN(CCCNC(=O)c2nc(Cl)ccc2Cl)CC1. The number of rotatable bonds is 5. The molecule has 0 aliphatic carbocycles. The van der Waals surface area contributed by atoms with Crippen molar-refractivity contribution in [2.24, 2.45) is 0 Å². The smallest absolute Gasteiger partial charge is 0.271 e. The molecule has 1 N–H and O–H groups in total. The molecule has 1 aliphatic heterocycles. The van der Waals surface area contributed by atoms with Crippen LogP contribution in [0.25, 0.3) is 0 Å². The number of carbonyl (C=O) groups excluding carboxylic acids is 1. The van der Waals surface area contributed by atoms with Crippen molar-refractivity contribution in [1.29, 1.82) is 0 Å². The van der Waals surface area contributed by atoms with E-state index in [1.807, 2.05) is 0 Å².